The largest absolute Gasteiger partial charge is 0.497 e. The lowest BCUT2D eigenvalue weighted by Gasteiger charge is -2.35. The van der Waals surface area contributed by atoms with Crippen LogP contribution in [0.1, 0.15) is 17.9 Å². The minimum absolute atomic E-state index is 0.0466. The van der Waals surface area contributed by atoms with Crippen LogP contribution in [0, 0.1) is 11.3 Å². The van der Waals surface area contributed by atoms with Gasteiger partial charge in [0, 0.05) is 50.8 Å². The number of aryl methyl sites for hydroxylation is 1. The predicted octanol–water partition coefficient (Wildman–Crippen LogP) is 2.29. The lowest BCUT2D eigenvalue weighted by Crippen LogP contribution is -2.49. The van der Waals surface area contributed by atoms with Crippen LogP contribution in [-0.4, -0.2) is 59.2 Å². The number of carbonyl (C=O) groups excluding carboxylic acids is 1. The summed E-state index contributed by atoms with van der Waals surface area (Å²) in [5, 5.41) is 13.3. The molecule has 1 aliphatic heterocycles. The molecule has 4 rings (SSSR count). The third-order valence-electron chi connectivity index (χ3n) is 5.21. The molecule has 0 unspecified atom stereocenters. The van der Waals surface area contributed by atoms with Crippen molar-refractivity contribution in [2.24, 2.45) is 0 Å². The summed E-state index contributed by atoms with van der Waals surface area (Å²) in [6.45, 7) is 2.45. The van der Waals surface area contributed by atoms with Gasteiger partial charge in [0.15, 0.2) is 0 Å². The number of hydrogen-bond acceptors (Lipinski definition) is 8. The third-order valence-corrected chi connectivity index (χ3v) is 5.21. The molecule has 3 heterocycles. The van der Waals surface area contributed by atoms with E-state index in [9.17, 15) is 10.1 Å². The van der Waals surface area contributed by atoms with E-state index in [0.717, 1.165) is 11.3 Å². The smallest absolute Gasteiger partial charge is 0.227 e. The van der Waals surface area contributed by atoms with Crippen LogP contribution in [0.25, 0.3) is 11.4 Å². The highest BCUT2D eigenvalue weighted by Gasteiger charge is 2.23. The Hall–Kier alpha value is -3.93. The lowest BCUT2D eigenvalue weighted by atomic mass is 10.2. The van der Waals surface area contributed by atoms with Crippen LogP contribution in [0.4, 0.5) is 5.82 Å². The van der Waals surface area contributed by atoms with Crippen molar-refractivity contribution in [3.8, 4) is 23.2 Å². The summed E-state index contributed by atoms with van der Waals surface area (Å²) in [6, 6.07) is 13.1. The Morgan fingerprint density at radius 1 is 1.19 bits per heavy atom. The predicted molar refractivity (Wildman–Crippen MR) is 112 cm³/mol. The minimum Gasteiger partial charge on any atom is -0.497 e. The van der Waals surface area contributed by atoms with E-state index >= 15 is 0 Å². The first-order chi connectivity index (χ1) is 15.2. The van der Waals surface area contributed by atoms with Crippen LogP contribution in [0.15, 0.2) is 47.1 Å². The zero-order chi connectivity index (χ0) is 21.6. The second kappa shape index (κ2) is 9.26. The van der Waals surface area contributed by atoms with Gasteiger partial charge in [0.25, 0.3) is 0 Å². The number of benzene rings is 1. The molecule has 9 nitrogen and oxygen atoms in total. The van der Waals surface area contributed by atoms with Gasteiger partial charge in [-0.25, -0.2) is 4.98 Å². The molecule has 1 amide bonds. The molecule has 1 saturated heterocycles. The summed E-state index contributed by atoms with van der Waals surface area (Å²) in [5.41, 5.74) is 1.37. The minimum atomic E-state index is 0.0466. The fourth-order valence-electron chi connectivity index (χ4n) is 3.49. The molecular formula is C22H22N6O3. The first-order valence-electron chi connectivity index (χ1n) is 10.0. The number of carbonyl (C=O) groups is 1. The second-order valence-electron chi connectivity index (χ2n) is 7.09. The Balaban J connectivity index is 1.29. The Bertz CT molecular complexity index is 1080. The molecule has 9 heteroatoms. The number of ether oxygens (including phenoxy) is 1. The molecule has 0 saturated carbocycles. The number of rotatable bonds is 6. The van der Waals surface area contributed by atoms with E-state index in [2.05, 4.69) is 21.2 Å². The normalized spacial score (nSPS) is 13.7. The quantitative estimate of drug-likeness (QED) is 0.600. The van der Waals surface area contributed by atoms with E-state index in [-0.39, 0.29) is 5.91 Å². The maximum atomic E-state index is 12.6. The number of hydrogen-bond donors (Lipinski definition) is 0. The van der Waals surface area contributed by atoms with Crippen molar-refractivity contribution in [3.63, 3.8) is 0 Å². The van der Waals surface area contributed by atoms with Crippen molar-refractivity contribution in [1.29, 1.82) is 5.26 Å². The second-order valence-corrected chi connectivity index (χ2v) is 7.09. The average Bonchev–Trinajstić information content (AvgIpc) is 3.32. The third kappa shape index (κ3) is 4.64. The molecule has 2 aromatic heterocycles. The van der Waals surface area contributed by atoms with E-state index < -0.39 is 0 Å². The molecule has 0 bridgehead atoms. The van der Waals surface area contributed by atoms with E-state index in [1.165, 1.54) is 0 Å². The van der Waals surface area contributed by atoms with Gasteiger partial charge in [0.1, 0.15) is 17.6 Å². The number of anilines is 1. The van der Waals surface area contributed by atoms with Crippen molar-refractivity contribution >= 4 is 11.7 Å². The van der Waals surface area contributed by atoms with Crippen molar-refractivity contribution in [3.05, 3.63) is 54.0 Å². The number of nitriles is 1. The fraction of sp³-hybridized carbons (Fsp3) is 0.318. The van der Waals surface area contributed by atoms with E-state index in [4.69, 9.17) is 9.26 Å². The highest BCUT2D eigenvalue weighted by molar-refractivity contribution is 5.76. The van der Waals surface area contributed by atoms with Gasteiger partial charge in [-0.1, -0.05) is 5.16 Å². The summed E-state index contributed by atoms with van der Waals surface area (Å²) >= 11 is 0. The maximum absolute atomic E-state index is 12.6. The Morgan fingerprint density at radius 3 is 2.68 bits per heavy atom. The SMILES string of the molecule is COc1ccc(-c2noc(CCC(=O)N3CCN(c4ncccc4C#N)CC3)n2)cc1. The molecule has 1 fully saturated rings. The molecule has 158 valence electrons. The summed E-state index contributed by atoms with van der Waals surface area (Å²) in [5.74, 6) is 2.40. The van der Waals surface area contributed by atoms with Crippen molar-refractivity contribution in [1.82, 2.24) is 20.0 Å². The highest BCUT2D eigenvalue weighted by Crippen LogP contribution is 2.21. The summed E-state index contributed by atoms with van der Waals surface area (Å²) in [4.78, 5) is 25.2. The Labute approximate surface area is 179 Å². The first-order valence-corrected chi connectivity index (χ1v) is 10.0. The van der Waals surface area contributed by atoms with Gasteiger partial charge >= 0.3 is 0 Å². The van der Waals surface area contributed by atoms with Crippen LogP contribution in [0.3, 0.4) is 0 Å². The Morgan fingerprint density at radius 2 is 1.97 bits per heavy atom. The first kappa shape index (κ1) is 20.3. The van der Waals surface area contributed by atoms with Crippen molar-refractivity contribution in [2.45, 2.75) is 12.8 Å². The van der Waals surface area contributed by atoms with Gasteiger partial charge in [-0.3, -0.25) is 4.79 Å². The van der Waals surface area contributed by atoms with E-state index in [1.54, 1.807) is 25.4 Å². The standard InChI is InChI=1S/C22H22N6O3/c1-30-18-6-4-16(5-7-18)21-25-19(31-26-21)8-9-20(29)27-11-13-28(14-12-27)22-17(15-23)3-2-10-24-22/h2-7,10H,8-9,11-14H2,1H3. The van der Waals surface area contributed by atoms with Gasteiger partial charge in [-0.05, 0) is 36.4 Å². The molecule has 31 heavy (non-hydrogen) atoms. The van der Waals surface area contributed by atoms with Gasteiger partial charge in [0.2, 0.25) is 17.6 Å². The fourth-order valence-corrected chi connectivity index (χ4v) is 3.49. The monoisotopic (exact) mass is 418 g/mol. The molecule has 0 N–H and O–H groups in total. The van der Waals surface area contributed by atoms with Gasteiger partial charge < -0.3 is 19.1 Å². The number of pyridine rings is 1. The van der Waals surface area contributed by atoms with Crippen LogP contribution >= 0.6 is 0 Å². The average molecular weight is 418 g/mol. The molecule has 1 aromatic carbocycles. The van der Waals surface area contributed by atoms with Crippen LogP contribution < -0.4 is 9.64 Å². The van der Waals surface area contributed by atoms with Crippen LogP contribution in [0.2, 0.25) is 0 Å². The molecule has 1 aliphatic rings. The number of aromatic nitrogens is 3. The van der Waals surface area contributed by atoms with Crippen molar-refractivity contribution in [2.75, 3.05) is 38.2 Å². The van der Waals surface area contributed by atoms with E-state index in [1.807, 2.05) is 34.1 Å². The summed E-state index contributed by atoms with van der Waals surface area (Å²) < 4.78 is 10.5. The lowest BCUT2D eigenvalue weighted by molar-refractivity contribution is -0.131. The summed E-state index contributed by atoms with van der Waals surface area (Å²) in [7, 11) is 1.61. The van der Waals surface area contributed by atoms with Gasteiger partial charge in [-0.2, -0.15) is 10.2 Å². The number of nitrogens with zero attached hydrogens (tertiary/aromatic N) is 6. The molecule has 0 spiro atoms. The van der Waals surface area contributed by atoms with Crippen LogP contribution in [-0.2, 0) is 11.2 Å². The summed E-state index contributed by atoms with van der Waals surface area (Å²) in [6.07, 6.45) is 2.37. The molecular weight excluding hydrogens is 396 g/mol. The number of amides is 1. The number of methoxy groups -OCH3 is 1. The number of piperazine rings is 1. The highest BCUT2D eigenvalue weighted by atomic mass is 16.5. The molecule has 0 aliphatic carbocycles. The molecule has 0 atom stereocenters. The zero-order valence-corrected chi connectivity index (χ0v) is 17.2. The zero-order valence-electron chi connectivity index (χ0n) is 17.2. The van der Waals surface area contributed by atoms with E-state index in [0.29, 0.717) is 62.1 Å². The molecule has 3 aromatic rings. The van der Waals surface area contributed by atoms with Gasteiger partial charge in [-0.15, -0.1) is 0 Å². The Kier molecular flexibility index (Phi) is 6.08. The van der Waals surface area contributed by atoms with Gasteiger partial charge in [0.05, 0.1) is 12.7 Å². The van der Waals surface area contributed by atoms with Crippen LogP contribution in [0.5, 0.6) is 5.75 Å². The topological polar surface area (TPSA) is 108 Å². The van der Waals surface area contributed by atoms with Crippen molar-refractivity contribution < 1.29 is 14.1 Å². The molecule has 0 radical (unpaired) electrons. The maximum Gasteiger partial charge on any atom is 0.227 e.